The molecule has 1 heterocycles. The molecule has 0 atom stereocenters. The van der Waals surface area contributed by atoms with Crippen LogP contribution < -0.4 is 9.80 Å². The van der Waals surface area contributed by atoms with Crippen LogP contribution in [0.2, 0.25) is 0 Å². The number of nitriles is 1. The molecule has 0 aliphatic carbocycles. The third-order valence-electron chi connectivity index (χ3n) is 5.99. The zero-order valence-electron chi connectivity index (χ0n) is 18.5. The highest BCUT2D eigenvalue weighted by atomic mass is 15.4. The Morgan fingerprint density at radius 1 is 0.767 bits per heavy atom. The third-order valence-corrected chi connectivity index (χ3v) is 5.99. The number of nitrogens with zero attached hydrogens (tertiary/aromatic N) is 3. The fourth-order valence-corrected chi connectivity index (χ4v) is 4.40. The van der Waals surface area contributed by atoms with Crippen molar-refractivity contribution in [3.8, 4) is 6.07 Å². The second-order valence-electron chi connectivity index (χ2n) is 8.69. The molecule has 3 aromatic rings. The summed E-state index contributed by atoms with van der Waals surface area (Å²) in [7, 11) is 0. The Morgan fingerprint density at radius 2 is 1.37 bits per heavy atom. The molecule has 152 valence electrons. The van der Waals surface area contributed by atoms with Gasteiger partial charge in [0.2, 0.25) is 0 Å². The molecule has 3 aromatic carbocycles. The van der Waals surface area contributed by atoms with Gasteiger partial charge in [-0.25, -0.2) is 0 Å². The molecule has 3 nitrogen and oxygen atoms in total. The van der Waals surface area contributed by atoms with Crippen LogP contribution in [0.25, 0.3) is 0 Å². The van der Waals surface area contributed by atoms with Gasteiger partial charge < -0.3 is 9.80 Å². The first-order valence-corrected chi connectivity index (χ1v) is 10.7. The van der Waals surface area contributed by atoms with E-state index < -0.39 is 0 Å². The number of para-hydroxylation sites is 3. The maximum atomic E-state index is 9.44. The number of hydrogen-bond acceptors (Lipinski definition) is 3. The van der Waals surface area contributed by atoms with Crippen LogP contribution in [0, 0.1) is 18.3 Å². The van der Waals surface area contributed by atoms with E-state index in [9.17, 15) is 5.26 Å². The van der Waals surface area contributed by atoms with Gasteiger partial charge in [-0.1, -0.05) is 64.1 Å². The number of anilines is 4. The highest BCUT2D eigenvalue weighted by Crippen LogP contribution is 2.48. The molecule has 0 saturated heterocycles. The van der Waals surface area contributed by atoms with Gasteiger partial charge in [0.15, 0.2) is 0 Å². The van der Waals surface area contributed by atoms with Gasteiger partial charge in [0, 0.05) is 11.4 Å². The molecule has 30 heavy (non-hydrogen) atoms. The highest BCUT2D eigenvalue weighted by molar-refractivity contribution is 5.89. The number of benzene rings is 3. The fraction of sp³-hybridized carbons (Fsp3) is 0.296. The van der Waals surface area contributed by atoms with Gasteiger partial charge in [-0.3, -0.25) is 0 Å². The number of hydrogen-bond donors (Lipinski definition) is 0. The highest BCUT2D eigenvalue weighted by Gasteiger charge is 2.31. The van der Waals surface area contributed by atoms with E-state index in [1.807, 2.05) is 18.2 Å². The molecule has 0 spiro atoms. The summed E-state index contributed by atoms with van der Waals surface area (Å²) in [6.07, 6.45) is 0. The fourth-order valence-electron chi connectivity index (χ4n) is 4.40. The zero-order chi connectivity index (χ0) is 21.4. The molecule has 0 N–H and O–H groups in total. The van der Waals surface area contributed by atoms with E-state index in [4.69, 9.17) is 0 Å². The Balaban J connectivity index is 1.91. The molecule has 0 aromatic heterocycles. The maximum absolute atomic E-state index is 9.44. The zero-order valence-corrected chi connectivity index (χ0v) is 18.5. The summed E-state index contributed by atoms with van der Waals surface area (Å²) in [5, 5.41) is 9.44. The second kappa shape index (κ2) is 7.88. The quantitative estimate of drug-likeness (QED) is 0.462. The summed E-state index contributed by atoms with van der Waals surface area (Å²) in [5.41, 5.74) is 9.44. The standard InChI is InChI=1S/C27H29N3/c1-18(2)22-9-8-10-23(19(3)4)27(22)30-17-29(24-11-6-7-12-25(24)30)26-15-21(16-28)14-13-20(26)5/h6-15,18-19H,17H2,1-5H3. The van der Waals surface area contributed by atoms with Gasteiger partial charge in [0.1, 0.15) is 6.67 Å². The Morgan fingerprint density at radius 3 is 1.93 bits per heavy atom. The molecule has 3 heteroatoms. The number of rotatable bonds is 4. The topological polar surface area (TPSA) is 30.3 Å². The average Bonchev–Trinajstić information content (AvgIpc) is 3.12. The van der Waals surface area contributed by atoms with Gasteiger partial charge in [0.25, 0.3) is 0 Å². The SMILES string of the molecule is Cc1ccc(C#N)cc1N1CN(c2c(C(C)C)cccc2C(C)C)c2ccccc21. The van der Waals surface area contributed by atoms with E-state index in [0.717, 1.165) is 12.4 Å². The lowest BCUT2D eigenvalue weighted by molar-refractivity contribution is 0.819. The Bertz CT molecular complexity index is 1090. The van der Waals surface area contributed by atoms with Crippen molar-refractivity contribution >= 4 is 22.7 Å². The van der Waals surface area contributed by atoms with Crippen molar-refractivity contribution in [2.45, 2.75) is 46.5 Å². The largest absolute Gasteiger partial charge is 0.321 e. The van der Waals surface area contributed by atoms with Gasteiger partial charge in [0.05, 0.1) is 23.0 Å². The number of fused-ring (bicyclic) bond motifs is 1. The van der Waals surface area contributed by atoms with Gasteiger partial charge >= 0.3 is 0 Å². The molecule has 0 saturated carbocycles. The van der Waals surface area contributed by atoms with Crippen molar-refractivity contribution in [2.24, 2.45) is 0 Å². The van der Waals surface area contributed by atoms with E-state index in [-0.39, 0.29) is 0 Å². The minimum Gasteiger partial charge on any atom is -0.321 e. The van der Waals surface area contributed by atoms with Crippen molar-refractivity contribution < 1.29 is 0 Å². The van der Waals surface area contributed by atoms with E-state index in [0.29, 0.717) is 17.4 Å². The molecule has 1 aliphatic rings. The number of aryl methyl sites for hydroxylation is 1. The molecule has 4 rings (SSSR count). The minimum atomic E-state index is 0.434. The van der Waals surface area contributed by atoms with E-state index in [2.05, 4.69) is 93.0 Å². The smallest absolute Gasteiger partial charge is 0.100 e. The molecule has 0 bridgehead atoms. The second-order valence-corrected chi connectivity index (χ2v) is 8.69. The van der Waals surface area contributed by atoms with Crippen LogP contribution in [0.5, 0.6) is 0 Å². The lowest BCUT2D eigenvalue weighted by Gasteiger charge is -2.29. The summed E-state index contributed by atoms with van der Waals surface area (Å²) in [5.74, 6) is 0.868. The normalized spacial score (nSPS) is 13.1. The monoisotopic (exact) mass is 395 g/mol. The van der Waals surface area contributed by atoms with Crippen molar-refractivity contribution in [1.29, 1.82) is 5.26 Å². The third kappa shape index (κ3) is 3.33. The minimum absolute atomic E-state index is 0.434. The van der Waals surface area contributed by atoms with E-state index in [1.165, 1.54) is 33.8 Å². The van der Waals surface area contributed by atoms with E-state index >= 15 is 0 Å². The van der Waals surface area contributed by atoms with Crippen LogP contribution in [-0.2, 0) is 0 Å². The summed E-state index contributed by atoms with van der Waals surface area (Å²) in [6, 6.07) is 23.5. The van der Waals surface area contributed by atoms with Crippen LogP contribution >= 0.6 is 0 Å². The van der Waals surface area contributed by atoms with Crippen LogP contribution in [0.4, 0.5) is 22.7 Å². The molecule has 1 aliphatic heterocycles. The van der Waals surface area contributed by atoms with Gasteiger partial charge in [-0.05, 0) is 59.7 Å². The Hall–Kier alpha value is -3.25. The lowest BCUT2D eigenvalue weighted by Crippen LogP contribution is -2.26. The molecule has 0 radical (unpaired) electrons. The van der Waals surface area contributed by atoms with Gasteiger partial charge in [-0.2, -0.15) is 5.26 Å². The Kier molecular flexibility index (Phi) is 5.26. The summed E-state index contributed by atoms with van der Waals surface area (Å²) in [4.78, 5) is 4.80. The van der Waals surface area contributed by atoms with Crippen molar-refractivity contribution in [1.82, 2.24) is 0 Å². The molecule has 0 amide bonds. The summed E-state index contributed by atoms with van der Waals surface area (Å²) >= 11 is 0. The van der Waals surface area contributed by atoms with Crippen LogP contribution in [0.3, 0.4) is 0 Å². The first kappa shape index (κ1) is 20.0. The predicted molar refractivity (Wildman–Crippen MR) is 126 cm³/mol. The van der Waals surface area contributed by atoms with Gasteiger partial charge in [-0.15, -0.1) is 0 Å². The first-order valence-electron chi connectivity index (χ1n) is 10.7. The van der Waals surface area contributed by atoms with Crippen LogP contribution in [-0.4, -0.2) is 6.67 Å². The first-order chi connectivity index (χ1) is 14.4. The average molecular weight is 396 g/mol. The van der Waals surface area contributed by atoms with Crippen molar-refractivity contribution in [3.63, 3.8) is 0 Å². The van der Waals surface area contributed by atoms with Crippen LogP contribution in [0.15, 0.2) is 60.7 Å². The molecular weight excluding hydrogens is 366 g/mol. The summed E-state index contributed by atoms with van der Waals surface area (Å²) < 4.78 is 0. The molecule has 0 unspecified atom stereocenters. The predicted octanol–water partition coefficient (Wildman–Crippen LogP) is 7.36. The lowest BCUT2D eigenvalue weighted by atomic mass is 9.92. The van der Waals surface area contributed by atoms with Crippen molar-refractivity contribution in [2.75, 3.05) is 16.5 Å². The van der Waals surface area contributed by atoms with E-state index in [1.54, 1.807) is 0 Å². The molecular formula is C27H29N3. The van der Waals surface area contributed by atoms with Crippen LogP contribution in [0.1, 0.15) is 61.8 Å². The molecule has 0 fully saturated rings. The summed E-state index contributed by atoms with van der Waals surface area (Å²) in [6.45, 7) is 11.9. The Labute approximate surface area is 180 Å². The van der Waals surface area contributed by atoms with Crippen molar-refractivity contribution in [3.05, 3.63) is 82.9 Å². The maximum Gasteiger partial charge on any atom is 0.100 e.